The van der Waals surface area contributed by atoms with Crippen molar-refractivity contribution in [1.29, 1.82) is 0 Å². The number of hydrogen-bond acceptors (Lipinski definition) is 5. The van der Waals surface area contributed by atoms with E-state index in [1.807, 2.05) is 0 Å². The molecule has 0 aliphatic heterocycles. The van der Waals surface area contributed by atoms with Crippen LogP contribution in [0.4, 0.5) is 0 Å². The minimum Gasteiger partial charge on any atom is -0.379 e. The predicted molar refractivity (Wildman–Crippen MR) is 51.7 cm³/mol. The van der Waals surface area contributed by atoms with Crippen LogP contribution < -0.4 is 11.1 Å². The number of nitrogens with one attached hydrogen (secondary N) is 1. The molecule has 3 atom stereocenters. The quantitative estimate of drug-likeness (QED) is 0.399. The third kappa shape index (κ3) is 5.17. The largest absolute Gasteiger partial charge is 0.379 e. The maximum Gasteiger partial charge on any atom is 0.106 e. The van der Waals surface area contributed by atoms with Crippen LogP contribution >= 0.6 is 0 Å². The van der Waals surface area contributed by atoms with Crippen molar-refractivity contribution in [3.8, 4) is 0 Å². The van der Waals surface area contributed by atoms with Gasteiger partial charge < -0.3 is 21.3 Å². The van der Waals surface area contributed by atoms with Gasteiger partial charge in [0.05, 0.1) is 6.17 Å². The van der Waals surface area contributed by atoms with E-state index in [-0.39, 0.29) is 6.17 Å². The van der Waals surface area contributed by atoms with Gasteiger partial charge in [-0.3, -0.25) is 4.90 Å². The molecule has 0 saturated heterocycles. The van der Waals surface area contributed by atoms with Crippen LogP contribution in [0.3, 0.4) is 0 Å². The Hall–Kier alpha value is -0.200. The van der Waals surface area contributed by atoms with Crippen molar-refractivity contribution in [2.45, 2.75) is 38.9 Å². The standard InChI is InChI=1S/C8H21N3O2/c1-6(12)11(7(2)13)5-4-8(9)10-3/h6-8,10,12-13H,4-5,9H2,1-3H3. The number of aliphatic hydroxyl groups excluding tert-OH is 2. The summed E-state index contributed by atoms with van der Waals surface area (Å²) in [5, 5.41) is 21.4. The smallest absolute Gasteiger partial charge is 0.106 e. The van der Waals surface area contributed by atoms with Gasteiger partial charge in [0.2, 0.25) is 0 Å². The predicted octanol–water partition coefficient (Wildman–Crippen LogP) is -1.14. The van der Waals surface area contributed by atoms with Gasteiger partial charge in [-0.15, -0.1) is 0 Å². The molecule has 13 heavy (non-hydrogen) atoms. The van der Waals surface area contributed by atoms with Gasteiger partial charge in [-0.1, -0.05) is 0 Å². The molecule has 0 aliphatic rings. The lowest BCUT2D eigenvalue weighted by molar-refractivity contribution is -0.0851. The molecule has 0 saturated carbocycles. The van der Waals surface area contributed by atoms with E-state index in [0.717, 1.165) is 0 Å². The van der Waals surface area contributed by atoms with Crippen LogP contribution in [-0.2, 0) is 0 Å². The van der Waals surface area contributed by atoms with E-state index in [2.05, 4.69) is 5.32 Å². The normalized spacial score (nSPS) is 18.7. The zero-order chi connectivity index (χ0) is 10.4. The third-order valence-corrected chi connectivity index (χ3v) is 2.03. The summed E-state index contributed by atoms with van der Waals surface area (Å²) in [6.07, 6.45) is -0.708. The van der Waals surface area contributed by atoms with Gasteiger partial charge in [0.1, 0.15) is 12.5 Å². The van der Waals surface area contributed by atoms with Gasteiger partial charge in [-0.05, 0) is 27.3 Å². The molecule has 0 aromatic carbocycles. The first-order valence-electron chi connectivity index (χ1n) is 4.53. The molecule has 0 fully saturated rings. The second kappa shape index (κ2) is 6.28. The Balaban J connectivity index is 3.83. The highest BCUT2D eigenvalue weighted by atomic mass is 16.3. The molecular weight excluding hydrogens is 170 g/mol. The molecule has 3 unspecified atom stereocenters. The summed E-state index contributed by atoms with van der Waals surface area (Å²) in [5.74, 6) is 0. The number of hydrogen-bond donors (Lipinski definition) is 4. The Bertz CT molecular complexity index is 123. The summed E-state index contributed by atoms with van der Waals surface area (Å²) in [5.41, 5.74) is 5.62. The molecule has 0 heterocycles. The Kier molecular flexibility index (Phi) is 6.19. The van der Waals surface area contributed by atoms with E-state index in [0.29, 0.717) is 13.0 Å². The molecule has 0 amide bonds. The molecule has 0 aromatic heterocycles. The highest BCUT2D eigenvalue weighted by molar-refractivity contribution is 4.63. The molecule has 0 aromatic rings. The maximum atomic E-state index is 9.27. The van der Waals surface area contributed by atoms with E-state index in [1.54, 1.807) is 25.8 Å². The van der Waals surface area contributed by atoms with Crippen molar-refractivity contribution in [2.75, 3.05) is 13.6 Å². The number of rotatable bonds is 6. The molecule has 0 aliphatic carbocycles. The number of nitrogens with two attached hydrogens (primary N) is 1. The van der Waals surface area contributed by atoms with Crippen LogP contribution in [0, 0.1) is 0 Å². The van der Waals surface area contributed by atoms with E-state index in [9.17, 15) is 10.2 Å². The fourth-order valence-corrected chi connectivity index (χ4v) is 1.12. The van der Waals surface area contributed by atoms with Gasteiger partial charge in [0, 0.05) is 6.54 Å². The lowest BCUT2D eigenvalue weighted by Crippen LogP contribution is -2.44. The zero-order valence-electron chi connectivity index (χ0n) is 8.57. The highest BCUT2D eigenvalue weighted by Gasteiger charge is 2.16. The average Bonchev–Trinajstić information content (AvgIpc) is 2.03. The Morgan fingerprint density at radius 3 is 2.08 bits per heavy atom. The molecule has 0 radical (unpaired) electrons. The summed E-state index contributed by atoms with van der Waals surface area (Å²) in [7, 11) is 1.78. The molecule has 80 valence electrons. The van der Waals surface area contributed by atoms with E-state index in [4.69, 9.17) is 5.73 Å². The second-order valence-corrected chi connectivity index (χ2v) is 3.19. The second-order valence-electron chi connectivity index (χ2n) is 3.19. The summed E-state index contributed by atoms with van der Waals surface area (Å²) >= 11 is 0. The van der Waals surface area contributed by atoms with Gasteiger partial charge in [0.25, 0.3) is 0 Å². The third-order valence-electron chi connectivity index (χ3n) is 2.03. The molecule has 5 heteroatoms. The van der Waals surface area contributed by atoms with Crippen molar-refractivity contribution in [2.24, 2.45) is 5.73 Å². The van der Waals surface area contributed by atoms with E-state index < -0.39 is 12.5 Å². The summed E-state index contributed by atoms with van der Waals surface area (Å²) in [4.78, 5) is 1.57. The van der Waals surface area contributed by atoms with Gasteiger partial charge in [0.15, 0.2) is 0 Å². The number of aliphatic hydroxyl groups is 2. The monoisotopic (exact) mass is 191 g/mol. The minimum atomic E-state index is -0.649. The van der Waals surface area contributed by atoms with Crippen LogP contribution in [0.2, 0.25) is 0 Å². The zero-order valence-corrected chi connectivity index (χ0v) is 8.57. The summed E-state index contributed by atoms with van der Waals surface area (Å²) < 4.78 is 0. The molecular formula is C8H21N3O2. The van der Waals surface area contributed by atoms with Crippen LogP contribution in [0.25, 0.3) is 0 Å². The molecule has 5 N–H and O–H groups in total. The Morgan fingerprint density at radius 1 is 1.31 bits per heavy atom. The highest BCUT2D eigenvalue weighted by Crippen LogP contribution is 2.02. The first-order valence-corrected chi connectivity index (χ1v) is 4.53. The minimum absolute atomic E-state index is 0.0972. The first kappa shape index (κ1) is 12.8. The molecule has 0 bridgehead atoms. The fraction of sp³-hybridized carbons (Fsp3) is 1.00. The van der Waals surface area contributed by atoms with Crippen molar-refractivity contribution >= 4 is 0 Å². The lowest BCUT2D eigenvalue weighted by atomic mass is 10.3. The van der Waals surface area contributed by atoms with Gasteiger partial charge in [-0.25, -0.2) is 0 Å². The van der Waals surface area contributed by atoms with Crippen LogP contribution in [0.5, 0.6) is 0 Å². The average molecular weight is 191 g/mol. The topological polar surface area (TPSA) is 81.8 Å². The lowest BCUT2D eigenvalue weighted by Gasteiger charge is -2.28. The summed E-state index contributed by atoms with van der Waals surface area (Å²) in [6, 6.07) is 0. The van der Waals surface area contributed by atoms with Crippen molar-refractivity contribution in [3.05, 3.63) is 0 Å². The van der Waals surface area contributed by atoms with Crippen LogP contribution in [0.15, 0.2) is 0 Å². The SMILES string of the molecule is CNC(N)CCN(C(C)O)C(C)O. The van der Waals surface area contributed by atoms with Gasteiger partial charge >= 0.3 is 0 Å². The first-order chi connectivity index (χ1) is 5.99. The molecule has 0 rings (SSSR count). The van der Waals surface area contributed by atoms with Gasteiger partial charge in [-0.2, -0.15) is 0 Å². The molecule has 0 spiro atoms. The maximum absolute atomic E-state index is 9.27. The van der Waals surface area contributed by atoms with Crippen molar-refractivity contribution in [3.63, 3.8) is 0 Å². The fourth-order valence-electron chi connectivity index (χ4n) is 1.12. The van der Waals surface area contributed by atoms with E-state index in [1.165, 1.54) is 0 Å². The molecule has 5 nitrogen and oxygen atoms in total. The number of nitrogens with zero attached hydrogens (tertiary/aromatic N) is 1. The van der Waals surface area contributed by atoms with Crippen molar-refractivity contribution < 1.29 is 10.2 Å². The van der Waals surface area contributed by atoms with E-state index >= 15 is 0 Å². The van der Waals surface area contributed by atoms with Crippen LogP contribution in [0.1, 0.15) is 20.3 Å². The van der Waals surface area contributed by atoms with Crippen molar-refractivity contribution in [1.82, 2.24) is 10.2 Å². The Labute approximate surface area is 79.5 Å². The van der Waals surface area contributed by atoms with Crippen LogP contribution in [-0.4, -0.2) is 47.3 Å². The summed E-state index contributed by atoms with van der Waals surface area (Å²) in [6.45, 7) is 3.81. The Morgan fingerprint density at radius 2 is 1.77 bits per heavy atom.